The summed E-state index contributed by atoms with van der Waals surface area (Å²) in [6, 6.07) is 20.3. The van der Waals surface area contributed by atoms with Crippen LogP contribution in [0.1, 0.15) is 5.56 Å². The number of halogens is 3. The third-order valence-electron chi connectivity index (χ3n) is 4.43. The molecule has 0 fully saturated rings. The summed E-state index contributed by atoms with van der Waals surface area (Å²) in [7, 11) is 0. The predicted octanol–water partition coefficient (Wildman–Crippen LogP) is 5.44. The number of rotatable bonds is 6. The lowest BCUT2D eigenvalue weighted by atomic mass is 10.2. The molecule has 4 aromatic rings. The molecule has 6 nitrogen and oxygen atoms in total. The zero-order chi connectivity index (χ0) is 22.6. The number of anilines is 1. The van der Waals surface area contributed by atoms with Gasteiger partial charge in [0.15, 0.2) is 6.61 Å². The minimum atomic E-state index is -4.43. The Bertz CT molecular complexity index is 1190. The van der Waals surface area contributed by atoms with Crippen molar-refractivity contribution in [3.05, 3.63) is 84.4 Å². The summed E-state index contributed by atoms with van der Waals surface area (Å²) < 4.78 is 48.5. The molecule has 0 saturated carbocycles. The summed E-state index contributed by atoms with van der Waals surface area (Å²) in [6.45, 7) is -0.306. The standard InChI is InChI=1S/C23H16F3N3O3/c24-23(25,26)17-8-10-18(11-9-17)27-20(30)14-31-19-12-6-16(7-13-19)22-28-21(29-32-22)15-4-2-1-3-5-15/h1-13H,14H2,(H,27,30). The average molecular weight is 439 g/mol. The molecule has 0 aliphatic heterocycles. The zero-order valence-electron chi connectivity index (χ0n) is 16.5. The van der Waals surface area contributed by atoms with Gasteiger partial charge in [0.05, 0.1) is 5.56 Å². The number of alkyl halides is 3. The Hall–Kier alpha value is -4.14. The molecule has 1 aromatic heterocycles. The van der Waals surface area contributed by atoms with Gasteiger partial charge < -0.3 is 14.6 Å². The predicted molar refractivity (Wildman–Crippen MR) is 111 cm³/mol. The Kier molecular flexibility index (Phi) is 5.89. The Labute approximate surface area is 180 Å². The number of aromatic nitrogens is 2. The van der Waals surface area contributed by atoms with E-state index >= 15 is 0 Å². The van der Waals surface area contributed by atoms with Crippen molar-refractivity contribution in [3.8, 4) is 28.6 Å². The molecule has 0 spiro atoms. The van der Waals surface area contributed by atoms with Crippen molar-refractivity contribution >= 4 is 11.6 Å². The van der Waals surface area contributed by atoms with Crippen LogP contribution in [-0.4, -0.2) is 22.7 Å². The van der Waals surface area contributed by atoms with E-state index in [9.17, 15) is 18.0 Å². The van der Waals surface area contributed by atoms with E-state index in [2.05, 4.69) is 15.5 Å². The highest BCUT2D eigenvalue weighted by Gasteiger charge is 2.30. The van der Waals surface area contributed by atoms with E-state index in [1.54, 1.807) is 24.3 Å². The van der Waals surface area contributed by atoms with Gasteiger partial charge in [-0.1, -0.05) is 35.5 Å². The van der Waals surface area contributed by atoms with Crippen LogP contribution in [0.5, 0.6) is 5.75 Å². The number of amides is 1. The summed E-state index contributed by atoms with van der Waals surface area (Å²) in [5.41, 5.74) is 0.972. The molecule has 0 unspecified atom stereocenters. The third kappa shape index (κ3) is 5.12. The van der Waals surface area contributed by atoms with Gasteiger partial charge in [-0.15, -0.1) is 0 Å². The maximum atomic E-state index is 12.6. The van der Waals surface area contributed by atoms with E-state index in [1.807, 2.05) is 30.3 Å². The quantitative estimate of drug-likeness (QED) is 0.433. The molecule has 0 bridgehead atoms. The number of ether oxygens (including phenoxy) is 1. The Morgan fingerprint density at radius 1 is 0.906 bits per heavy atom. The van der Waals surface area contributed by atoms with Gasteiger partial charge in [-0.2, -0.15) is 18.2 Å². The van der Waals surface area contributed by atoms with Crippen molar-refractivity contribution in [2.24, 2.45) is 0 Å². The van der Waals surface area contributed by atoms with Crippen LogP contribution in [0, 0.1) is 0 Å². The van der Waals surface area contributed by atoms with Crippen LogP contribution in [0.3, 0.4) is 0 Å². The molecular formula is C23H16F3N3O3. The lowest BCUT2D eigenvalue weighted by Gasteiger charge is -2.09. The topological polar surface area (TPSA) is 77.2 Å². The molecule has 162 valence electrons. The smallest absolute Gasteiger partial charge is 0.416 e. The maximum absolute atomic E-state index is 12.6. The molecular weight excluding hydrogens is 423 g/mol. The van der Waals surface area contributed by atoms with Crippen LogP contribution in [0.2, 0.25) is 0 Å². The average Bonchev–Trinajstić information content (AvgIpc) is 3.29. The van der Waals surface area contributed by atoms with Gasteiger partial charge in [-0.25, -0.2) is 0 Å². The fourth-order valence-electron chi connectivity index (χ4n) is 2.83. The second kappa shape index (κ2) is 8.93. The maximum Gasteiger partial charge on any atom is 0.416 e. The summed E-state index contributed by atoms with van der Waals surface area (Å²) in [5, 5.41) is 6.45. The Morgan fingerprint density at radius 3 is 2.25 bits per heavy atom. The van der Waals surface area contributed by atoms with Crippen LogP contribution in [-0.2, 0) is 11.0 Å². The zero-order valence-corrected chi connectivity index (χ0v) is 16.5. The Balaban J connectivity index is 1.32. The van der Waals surface area contributed by atoms with Gasteiger partial charge in [0.2, 0.25) is 5.82 Å². The van der Waals surface area contributed by atoms with Crippen LogP contribution in [0.4, 0.5) is 18.9 Å². The molecule has 32 heavy (non-hydrogen) atoms. The molecule has 0 saturated heterocycles. The molecule has 0 radical (unpaired) electrons. The number of nitrogens with zero attached hydrogens (tertiary/aromatic N) is 2. The van der Waals surface area contributed by atoms with Gasteiger partial charge in [0, 0.05) is 16.8 Å². The Morgan fingerprint density at radius 2 is 1.59 bits per heavy atom. The fraction of sp³-hybridized carbons (Fsp3) is 0.0870. The van der Waals surface area contributed by atoms with Gasteiger partial charge >= 0.3 is 6.18 Å². The fourth-order valence-corrected chi connectivity index (χ4v) is 2.83. The molecule has 0 aliphatic carbocycles. The molecule has 4 rings (SSSR count). The van der Waals surface area contributed by atoms with Gasteiger partial charge in [-0.3, -0.25) is 4.79 Å². The molecule has 1 N–H and O–H groups in total. The molecule has 0 atom stereocenters. The van der Waals surface area contributed by atoms with Gasteiger partial charge in [0.1, 0.15) is 5.75 Å². The van der Waals surface area contributed by atoms with Crippen molar-refractivity contribution in [1.29, 1.82) is 0 Å². The van der Waals surface area contributed by atoms with Crippen molar-refractivity contribution in [3.63, 3.8) is 0 Å². The number of nitrogens with one attached hydrogen (secondary N) is 1. The number of carbonyl (C=O) groups excluding carboxylic acids is 1. The third-order valence-corrected chi connectivity index (χ3v) is 4.43. The van der Waals surface area contributed by atoms with Crippen LogP contribution in [0.25, 0.3) is 22.8 Å². The van der Waals surface area contributed by atoms with Crippen molar-refractivity contribution in [1.82, 2.24) is 10.1 Å². The molecule has 9 heteroatoms. The van der Waals surface area contributed by atoms with Crippen molar-refractivity contribution in [2.75, 3.05) is 11.9 Å². The number of hydrogen-bond acceptors (Lipinski definition) is 5. The largest absolute Gasteiger partial charge is 0.484 e. The molecule has 3 aromatic carbocycles. The van der Waals surface area contributed by atoms with E-state index in [4.69, 9.17) is 9.26 Å². The first-order valence-corrected chi connectivity index (χ1v) is 9.48. The van der Waals surface area contributed by atoms with E-state index in [0.717, 1.165) is 17.7 Å². The van der Waals surface area contributed by atoms with E-state index in [-0.39, 0.29) is 12.3 Å². The highest BCUT2D eigenvalue weighted by Crippen LogP contribution is 2.30. The van der Waals surface area contributed by atoms with E-state index in [1.165, 1.54) is 12.1 Å². The minimum Gasteiger partial charge on any atom is -0.484 e. The highest BCUT2D eigenvalue weighted by atomic mass is 19.4. The second-order valence-corrected chi connectivity index (χ2v) is 6.73. The first-order chi connectivity index (χ1) is 15.4. The second-order valence-electron chi connectivity index (χ2n) is 6.73. The number of benzene rings is 3. The van der Waals surface area contributed by atoms with Crippen LogP contribution < -0.4 is 10.1 Å². The normalized spacial score (nSPS) is 11.2. The number of hydrogen-bond donors (Lipinski definition) is 1. The SMILES string of the molecule is O=C(COc1ccc(-c2nc(-c3ccccc3)no2)cc1)Nc1ccc(C(F)(F)F)cc1. The van der Waals surface area contributed by atoms with E-state index in [0.29, 0.717) is 23.0 Å². The first kappa shape index (κ1) is 21.1. The minimum absolute atomic E-state index is 0.243. The summed E-state index contributed by atoms with van der Waals surface area (Å²) in [5.74, 6) is 0.744. The molecule has 0 aliphatic rings. The van der Waals surface area contributed by atoms with Crippen LogP contribution in [0.15, 0.2) is 83.4 Å². The summed E-state index contributed by atoms with van der Waals surface area (Å²) >= 11 is 0. The summed E-state index contributed by atoms with van der Waals surface area (Å²) in [6.07, 6.45) is -4.43. The number of carbonyl (C=O) groups is 1. The van der Waals surface area contributed by atoms with Gasteiger partial charge in [0.25, 0.3) is 11.8 Å². The lowest BCUT2D eigenvalue weighted by Crippen LogP contribution is -2.20. The lowest BCUT2D eigenvalue weighted by molar-refractivity contribution is -0.137. The highest BCUT2D eigenvalue weighted by molar-refractivity contribution is 5.91. The first-order valence-electron chi connectivity index (χ1n) is 9.48. The summed E-state index contributed by atoms with van der Waals surface area (Å²) in [4.78, 5) is 16.4. The molecule has 1 heterocycles. The van der Waals surface area contributed by atoms with E-state index < -0.39 is 17.6 Å². The molecule has 1 amide bonds. The van der Waals surface area contributed by atoms with Crippen molar-refractivity contribution < 1.29 is 27.2 Å². The van der Waals surface area contributed by atoms with Gasteiger partial charge in [-0.05, 0) is 48.5 Å². The van der Waals surface area contributed by atoms with Crippen LogP contribution >= 0.6 is 0 Å². The van der Waals surface area contributed by atoms with Crippen molar-refractivity contribution in [2.45, 2.75) is 6.18 Å². The monoisotopic (exact) mass is 439 g/mol.